The van der Waals surface area contributed by atoms with Crippen molar-refractivity contribution in [1.82, 2.24) is 0 Å². The first kappa shape index (κ1) is 12.9. The normalized spacial score (nSPS) is 12.4. The van der Waals surface area contributed by atoms with E-state index in [0.717, 1.165) is 23.8 Å². The number of aldehydes is 1. The fourth-order valence-electron chi connectivity index (χ4n) is 1.73. The van der Waals surface area contributed by atoms with Gasteiger partial charge in [-0.05, 0) is 17.5 Å². The standard InChI is InChI=1S/C13H18O3/c1-15-10-13(16-2)12-8-4-3-6-11(12)7-5-9-14/h3-4,6,8-9,13H,5,7,10H2,1-2H3. The SMILES string of the molecule is COCC(OC)c1ccccc1CCC=O. The zero-order valence-electron chi connectivity index (χ0n) is 9.81. The third-order valence-corrected chi connectivity index (χ3v) is 2.54. The minimum atomic E-state index is -0.0622. The van der Waals surface area contributed by atoms with Crippen LogP contribution in [0.4, 0.5) is 0 Å². The first-order valence-electron chi connectivity index (χ1n) is 5.36. The Balaban J connectivity index is 2.86. The molecule has 0 saturated carbocycles. The van der Waals surface area contributed by atoms with Gasteiger partial charge >= 0.3 is 0 Å². The highest BCUT2D eigenvalue weighted by Crippen LogP contribution is 2.22. The Morgan fingerprint density at radius 2 is 2.06 bits per heavy atom. The summed E-state index contributed by atoms with van der Waals surface area (Å²) in [6, 6.07) is 8.00. The molecule has 0 fully saturated rings. The molecule has 0 radical (unpaired) electrons. The van der Waals surface area contributed by atoms with Crippen molar-refractivity contribution in [3.63, 3.8) is 0 Å². The van der Waals surface area contributed by atoms with Crippen LogP contribution in [0.25, 0.3) is 0 Å². The molecule has 1 rings (SSSR count). The highest BCUT2D eigenvalue weighted by Gasteiger charge is 2.13. The summed E-state index contributed by atoms with van der Waals surface area (Å²) >= 11 is 0. The number of benzene rings is 1. The molecule has 0 heterocycles. The van der Waals surface area contributed by atoms with Gasteiger partial charge in [-0.3, -0.25) is 0 Å². The van der Waals surface area contributed by atoms with Crippen molar-refractivity contribution in [2.45, 2.75) is 18.9 Å². The van der Waals surface area contributed by atoms with E-state index in [4.69, 9.17) is 9.47 Å². The van der Waals surface area contributed by atoms with Gasteiger partial charge in [0.05, 0.1) is 6.61 Å². The van der Waals surface area contributed by atoms with Crippen molar-refractivity contribution in [3.8, 4) is 0 Å². The molecule has 0 spiro atoms. The van der Waals surface area contributed by atoms with E-state index in [9.17, 15) is 4.79 Å². The minimum Gasteiger partial charge on any atom is -0.382 e. The van der Waals surface area contributed by atoms with Gasteiger partial charge in [-0.25, -0.2) is 0 Å². The lowest BCUT2D eigenvalue weighted by Gasteiger charge is -2.18. The van der Waals surface area contributed by atoms with Gasteiger partial charge in [-0.1, -0.05) is 24.3 Å². The Kier molecular flexibility index (Phi) is 5.75. The van der Waals surface area contributed by atoms with E-state index in [0.29, 0.717) is 13.0 Å². The number of carbonyl (C=O) groups excluding carboxylic acids is 1. The van der Waals surface area contributed by atoms with Crippen LogP contribution in [0.1, 0.15) is 23.7 Å². The number of ether oxygens (including phenoxy) is 2. The fourth-order valence-corrected chi connectivity index (χ4v) is 1.73. The molecule has 0 N–H and O–H groups in total. The molecule has 0 saturated heterocycles. The van der Waals surface area contributed by atoms with Crippen molar-refractivity contribution in [2.24, 2.45) is 0 Å². The molecule has 1 aromatic rings. The molecular weight excluding hydrogens is 204 g/mol. The van der Waals surface area contributed by atoms with Crippen LogP contribution in [0.2, 0.25) is 0 Å². The molecule has 3 heteroatoms. The highest BCUT2D eigenvalue weighted by molar-refractivity contribution is 5.50. The van der Waals surface area contributed by atoms with Crippen molar-refractivity contribution in [3.05, 3.63) is 35.4 Å². The van der Waals surface area contributed by atoms with E-state index in [1.807, 2.05) is 24.3 Å². The summed E-state index contributed by atoms with van der Waals surface area (Å²) in [5.41, 5.74) is 2.26. The second-order valence-electron chi connectivity index (χ2n) is 3.58. The largest absolute Gasteiger partial charge is 0.382 e. The van der Waals surface area contributed by atoms with E-state index in [2.05, 4.69) is 0 Å². The maximum Gasteiger partial charge on any atom is 0.120 e. The van der Waals surface area contributed by atoms with Gasteiger partial charge in [0.15, 0.2) is 0 Å². The van der Waals surface area contributed by atoms with Gasteiger partial charge in [0.25, 0.3) is 0 Å². The topological polar surface area (TPSA) is 35.5 Å². The first-order valence-corrected chi connectivity index (χ1v) is 5.36. The van der Waals surface area contributed by atoms with Crippen molar-refractivity contribution in [2.75, 3.05) is 20.8 Å². The quantitative estimate of drug-likeness (QED) is 0.663. The lowest BCUT2D eigenvalue weighted by Crippen LogP contribution is -2.11. The number of aryl methyl sites for hydroxylation is 1. The highest BCUT2D eigenvalue weighted by atomic mass is 16.5. The van der Waals surface area contributed by atoms with Gasteiger partial charge in [-0.15, -0.1) is 0 Å². The molecule has 0 aromatic heterocycles. The summed E-state index contributed by atoms with van der Waals surface area (Å²) in [6.45, 7) is 0.522. The molecule has 0 aliphatic rings. The van der Waals surface area contributed by atoms with Crippen LogP contribution in [0, 0.1) is 0 Å². The van der Waals surface area contributed by atoms with Gasteiger partial charge in [0.1, 0.15) is 12.4 Å². The van der Waals surface area contributed by atoms with E-state index < -0.39 is 0 Å². The summed E-state index contributed by atoms with van der Waals surface area (Å²) in [7, 11) is 3.32. The Hall–Kier alpha value is -1.19. The van der Waals surface area contributed by atoms with Gasteiger partial charge in [0, 0.05) is 20.6 Å². The minimum absolute atomic E-state index is 0.0622. The van der Waals surface area contributed by atoms with Crippen LogP contribution >= 0.6 is 0 Å². The molecule has 88 valence electrons. The third-order valence-electron chi connectivity index (χ3n) is 2.54. The van der Waals surface area contributed by atoms with Crippen LogP contribution < -0.4 is 0 Å². The monoisotopic (exact) mass is 222 g/mol. The van der Waals surface area contributed by atoms with Crippen LogP contribution in [-0.4, -0.2) is 27.1 Å². The molecule has 1 atom stereocenters. The summed E-state index contributed by atoms with van der Waals surface area (Å²) in [5, 5.41) is 0. The molecule has 0 aliphatic heterocycles. The molecule has 16 heavy (non-hydrogen) atoms. The number of hydrogen-bond acceptors (Lipinski definition) is 3. The molecule has 0 bridgehead atoms. The zero-order valence-corrected chi connectivity index (χ0v) is 9.81. The summed E-state index contributed by atoms with van der Waals surface area (Å²) in [5.74, 6) is 0. The van der Waals surface area contributed by atoms with Crippen molar-refractivity contribution >= 4 is 6.29 Å². The average Bonchev–Trinajstić information content (AvgIpc) is 2.34. The van der Waals surface area contributed by atoms with Crippen LogP contribution in [0.3, 0.4) is 0 Å². The summed E-state index contributed by atoms with van der Waals surface area (Å²) in [4.78, 5) is 10.4. The number of hydrogen-bond donors (Lipinski definition) is 0. The predicted molar refractivity (Wildman–Crippen MR) is 62.5 cm³/mol. The Morgan fingerprint density at radius 3 is 2.69 bits per heavy atom. The maximum atomic E-state index is 10.4. The molecule has 1 aromatic carbocycles. The lowest BCUT2D eigenvalue weighted by atomic mass is 9.99. The van der Waals surface area contributed by atoms with Crippen LogP contribution in [-0.2, 0) is 20.7 Å². The Bertz CT molecular complexity index is 323. The maximum absolute atomic E-state index is 10.4. The van der Waals surface area contributed by atoms with Crippen molar-refractivity contribution < 1.29 is 14.3 Å². The van der Waals surface area contributed by atoms with E-state index in [-0.39, 0.29) is 6.10 Å². The van der Waals surface area contributed by atoms with Crippen molar-refractivity contribution in [1.29, 1.82) is 0 Å². The van der Waals surface area contributed by atoms with E-state index >= 15 is 0 Å². The molecule has 3 nitrogen and oxygen atoms in total. The fraction of sp³-hybridized carbons (Fsp3) is 0.462. The summed E-state index contributed by atoms with van der Waals surface area (Å²) < 4.78 is 10.5. The van der Waals surface area contributed by atoms with Gasteiger partial charge in [-0.2, -0.15) is 0 Å². The molecule has 1 unspecified atom stereocenters. The molecule has 0 amide bonds. The van der Waals surface area contributed by atoms with Gasteiger partial charge in [0.2, 0.25) is 0 Å². The molecular formula is C13H18O3. The smallest absolute Gasteiger partial charge is 0.120 e. The van der Waals surface area contributed by atoms with Gasteiger partial charge < -0.3 is 14.3 Å². The Morgan fingerprint density at radius 1 is 1.31 bits per heavy atom. The third kappa shape index (κ3) is 3.43. The van der Waals surface area contributed by atoms with E-state index in [1.165, 1.54) is 0 Å². The number of rotatable bonds is 7. The zero-order chi connectivity index (χ0) is 11.8. The van der Waals surface area contributed by atoms with Crippen LogP contribution in [0.5, 0.6) is 0 Å². The summed E-state index contributed by atoms with van der Waals surface area (Å²) in [6.07, 6.45) is 2.17. The van der Waals surface area contributed by atoms with E-state index in [1.54, 1.807) is 14.2 Å². The molecule has 0 aliphatic carbocycles. The number of methoxy groups -OCH3 is 2. The Labute approximate surface area is 96.4 Å². The predicted octanol–water partition coefficient (Wildman–Crippen LogP) is 2.15. The second-order valence-corrected chi connectivity index (χ2v) is 3.58. The average molecular weight is 222 g/mol. The van der Waals surface area contributed by atoms with Crippen LogP contribution in [0.15, 0.2) is 24.3 Å². The second kappa shape index (κ2) is 7.14. The lowest BCUT2D eigenvalue weighted by molar-refractivity contribution is -0.107. The first-order chi connectivity index (χ1) is 7.83. The number of carbonyl (C=O) groups is 1.